The zero-order valence-electron chi connectivity index (χ0n) is 18.1. The van der Waals surface area contributed by atoms with E-state index in [-0.39, 0.29) is 18.1 Å². The number of amides is 3. The molecule has 0 unspecified atom stereocenters. The Morgan fingerprint density at radius 3 is 2.10 bits per heavy atom. The molecule has 3 amide bonds. The van der Waals surface area contributed by atoms with Gasteiger partial charge in [-0.1, -0.05) is 35.4 Å². The van der Waals surface area contributed by atoms with Gasteiger partial charge in [-0.3, -0.25) is 9.59 Å². The van der Waals surface area contributed by atoms with Crippen LogP contribution in [0.15, 0.2) is 59.4 Å². The lowest BCUT2D eigenvalue weighted by atomic mass is 10.1. The van der Waals surface area contributed by atoms with Crippen molar-refractivity contribution in [2.75, 3.05) is 16.0 Å². The summed E-state index contributed by atoms with van der Waals surface area (Å²) in [6.45, 7) is 7.43. The number of nitrogens with zero attached hydrogens (tertiary/aromatic N) is 1. The van der Waals surface area contributed by atoms with E-state index in [4.69, 9.17) is 0 Å². The van der Waals surface area contributed by atoms with E-state index in [9.17, 15) is 14.4 Å². The second kappa shape index (κ2) is 9.30. The lowest BCUT2D eigenvalue weighted by Crippen LogP contribution is -2.32. The molecule has 0 aliphatic rings. The maximum atomic E-state index is 12.9. The number of carbonyl (C=O) groups is 2. The second-order valence-electron chi connectivity index (χ2n) is 7.59. The third kappa shape index (κ3) is 5.60. The van der Waals surface area contributed by atoms with E-state index in [2.05, 4.69) is 16.0 Å². The molecule has 0 aliphatic carbocycles. The highest BCUT2D eigenvalue weighted by Gasteiger charge is 2.13. The average molecular weight is 418 g/mol. The van der Waals surface area contributed by atoms with Crippen molar-refractivity contribution in [3.05, 3.63) is 87.3 Å². The zero-order valence-corrected chi connectivity index (χ0v) is 18.1. The number of hydrogen-bond donors (Lipinski definition) is 3. The molecule has 7 nitrogen and oxygen atoms in total. The Bertz CT molecular complexity index is 1180. The van der Waals surface area contributed by atoms with Crippen molar-refractivity contribution >= 4 is 29.0 Å². The molecule has 0 saturated carbocycles. The van der Waals surface area contributed by atoms with Crippen molar-refractivity contribution in [2.45, 2.75) is 34.2 Å². The Balaban J connectivity index is 1.72. The summed E-state index contributed by atoms with van der Waals surface area (Å²) in [5.41, 5.74) is 4.70. The minimum absolute atomic E-state index is 0.0922. The molecule has 1 heterocycles. The number of pyridine rings is 1. The minimum atomic E-state index is -0.531. The molecule has 1 aromatic heterocycles. The predicted molar refractivity (Wildman–Crippen MR) is 124 cm³/mol. The van der Waals surface area contributed by atoms with Crippen molar-refractivity contribution in [2.24, 2.45) is 0 Å². The fourth-order valence-electron chi connectivity index (χ4n) is 3.17. The van der Waals surface area contributed by atoms with Crippen LogP contribution in [0.2, 0.25) is 0 Å². The molecule has 31 heavy (non-hydrogen) atoms. The van der Waals surface area contributed by atoms with Gasteiger partial charge in [-0.2, -0.15) is 0 Å². The number of nitrogens with one attached hydrogen (secondary N) is 3. The van der Waals surface area contributed by atoms with E-state index in [0.29, 0.717) is 17.1 Å². The smallest absolute Gasteiger partial charge is 0.323 e. The molecule has 0 aliphatic heterocycles. The van der Waals surface area contributed by atoms with Crippen LogP contribution in [0.1, 0.15) is 22.4 Å². The van der Waals surface area contributed by atoms with Gasteiger partial charge < -0.3 is 20.5 Å². The van der Waals surface area contributed by atoms with Crippen LogP contribution in [0.3, 0.4) is 0 Å². The van der Waals surface area contributed by atoms with Crippen molar-refractivity contribution in [3.63, 3.8) is 0 Å². The molecule has 0 fully saturated rings. The molecule has 7 heteroatoms. The summed E-state index contributed by atoms with van der Waals surface area (Å²) < 4.78 is 1.33. The lowest BCUT2D eigenvalue weighted by molar-refractivity contribution is -0.116. The van der Waals surface area contributed by atoms with Crippen molar-refractivity contribution in [1.82, 2.24) is 4.57 Å². The number of carbonyl (C=O) groups excluding carboxylic acids is 2. The summed E-state index contributed by atoms with van der Waals surface area (Å²) in [4.78, 5) is 37.7. The second-order valence-corrected chi connectivity index (χ2v) is 7.59. The van der Waals surface area contributed by atoms with Gasteiger partial charge >= 0.3 is 6.03 Å². The highest BCUT2D eigenvalue weighted by atomic mass is 16.2. The van der Waals surface area contributed by atoms with Gasteiger partial charge in [0.2, 0.25) is 5.91 Å². The van der Waals surface area contributed by atoms with Crippen LogP contribution in [-0.4, -0.2) is 16.5 Å². The Kier molecular flexibility index (Phi) is 6.55. The SMILES string of the molecule is Cc1ccc(NC(=O)Nc2ccc(C)n(CC(=O)Nc3ccc(C)cc3C)c2=O)cc1. The largest absolute Gasteiger partial charge is 0.324 e. The summed E-state index contributed by atoms with van der Waals surface area (Å²) in [6, 6.07) is 15.7. The highest BCUT2D eigenvalue weighted by molar-refractivity contribution is 5.99. The van der Waals surface area contributed by atoms with E-state index in [0.717, 1.165) is 16.7 Å². The fourth-order valence-corrected chi connectivity index (χ4v) is 3.17. The number of hydrogen-bond acceptors (Lipinski definition) is 3. The number of aryl methyl sites for hydroxylation is 4. The van der Waals surface area contributed by atoms with Crippen LogP contribution in [0.4, 0.5) is 21.9 Å². The average Bonchev–Trinajstić information content (AvgIpc) is 2.71. The van der Waals surface area contributed by atoms with Crippen molar-refractivity contribution in [1.29, 1.82) is 0 Å². The Morgan fingerprint density at radius 1 is 0.774 bits per heavy atom. The molecule has 0 bridgehead atoms. The molecular weight excluding hydrogens is 392 g/mol. The monoisotopic (exact) mass is 418 g/mol. The quantitative estimate of drug-likeness (QED) is 0.575. The topological polar surface area (TPSA) is 92.2 Å². The molecule has 2 aromatic carbocycles. The normalized spacial score (nSPS) is 10.5. The molecule has 3 aromatic rings. The first kappa shape index (κ1) is 21.8. The summed E-state index contributed by atoms with van der Waals surface area (Å²) in [6.07, 6.45) is 0. The molecule has 0 saturated heterocycles. The van der Waals surface area contributed by atoms with E-state index in [1.807, 2.05) is 51.1 Å². The molecule has 0 radical (unpaired) electrons. The fraction of sp³-hybridized carbons (Fsp3) is 0.208. The molecule has 0 spiro atoms. The third-order valence-corrected chi connectivity index (χ3v) is 4.91. The number of anilines is 3. The summed E-state index contributed by atoms with van der Waals surface area (Å²) in [7, 11) is 0. The summed E-state index contributed by atoms with van der Waals surface area (Å²) in [5, 5.41) is 8.09. The van der Waals surface area contributed by atoms with Crippen LogP contribution in [0.5, 0.6) is 0 Å². The predicted octanol–water partition coefficient (Wildman–Crippen LogP) is 4.36. The molecule has 3 rings (SSSR count). The first-order chi connectivity index (χ1) is 14.7. The Hall–Kier alpha value is -3.87. The molecule has 160 valence electrons. The van der Waals surface area contributed by atoms with Gasteiger partial charge in [0.25, 0.3) is 5.56 Å². The van der Waals surface area contributed by atoms with Crippen LogP contribution in [-0.2, 0) is 11.3 Å². The maximum Gasteiger partial charge on any atom is 0.323 e. The van der Waals surface area contributed by atoms with Crippen LogP contribution >= 0.6 is 0 Å². The van der Waals surface area contributed by atoms with Crippen LogP contribution in [0.25, 0.3) is 0 Å². The highest BCUT2D eigenvalue weighted by Crippen LogP contribution is 2.16. The van der Waals surface area contributed by atoms with E-state index < -0.39 is 11.6 Å². The molecule has 3 N–H and O–H groups in total. The Labute approximate surface area is 181 Å². The Morgan fingerprint density at radius 2 is 1.42 bits per heavy atom. The first-order valence-electron chi connectivity index (χ1n) is 9.95. The van der Waals surface area contributed by atoms with Gasteiger partial charge in [0.15, 0.2) is 0 Å². The van der Waals surface area contributed by atoms with Gasteiger partial charge in [-0.25, -0.2) is 4.79 Å². The number of benzene rings is 2. The summed E-state index contributed by atoms with van der Waals surface area (Å²) in [5.74, 6) is -0.321. The molecule has 0 atom stereocenters. The van der Waals surface area contributed by atoms with Crippen LogP contribution in [0, 0.1) is 27.7 Å². The van der Waals surface area contributed by atoms with Crippen LogP contribution < -0.4 is 21.5 Å². The molecular formula is C24H26N4O3. The van der Waals surface area contributed by atoms with Gasteiger partial charge in [-0.05, 0) is 63.6 Å². The van der Waals surface area contributed by atoms with Gasteiger partial charge in [0.05, 0.1) is 0 Å². The standard InChI is InChI=1S/C24H26N4O3/c1-15-5-9-19(10-6-15)25-24(31)27-21-12-8-18(4)28(23(21)30)14-22(29)26-20-11-7-16(2)13-17(20)3/h5-13H,14H2,1-4H3,(H,26,29)(H2,25,27,31). The lowest BCUT2D eigenvalue weighted by Gasteiger charge is -2.14. The third-order valence-electron chi connectivity index (χ3n) is 4.91. The number of aromatic nitrogens is 1. The van der Waals surface area contributed by atoms with E-state index in [1.165, 1.54) is 10.6 Å². The van der Waals surface area contributed by atoms with Gasteiger partial charge in [-0.15, -0.1) is 0 Å². The minimum Gasteiger partial charge on any atom is -0.324 e. The number of urea groups is 1. The van der Waals surface area contributed by atoms with Gasteiger partial charge in [0.1, 0.15) is 12.2 Å². The zero-order chi connectivity index (χ0) is 22.5. The van der Waals surface area contributed by atoms with Crippen molar-refractivity contribution < 1.29 is 9.59 Å². The maximum absolute atomic E-state index is 12.9. The van der Waals surface area contributed by atoms with E-state index in [1.54, 1.807) is 25.1 Å². The van der Waals surface area contributed by atoms with E-state index >= 15 is 0 Å². The van der Waals surface area contributed by atoms with Gasteiger partial charge in [0, 0.05) is 17.1 Å². The summed E-state index contributed by atoms with van der Waals surface area (Å²) >= 11 is 0. The number of rotatable bonds is 5. The first-order valence-corrected chi connectivity index (χ1v) is 9.95. The van der Waals surface area contributed by atoms with Crippen molar-refractivity contribution in [3.8, 4) is 0 Å².